The third-order valence-corrected chi connectivity index (χ3v) is 4.30. The molecule has 1 aliphatic carbocycles. The van der Waals surface area contributed by atoms with Gasteiger partial charge >= 0.3 is 6.09 Å². The van der Waals surface area contributed by atoms with Gasteiger partial charge in [-0.3, -0.25) is 9.59 Å². The van der Waals surface area contributed by atoms with E-state index in [0.29, 0.717) is 38.6 Å². The summed E-state index contributed by atoms with van der Waals surface area (Å²) in [4.78, 5) is 41.9. The first-order valence-electron chi connectivity index (χ1n) is 8.75. The smallest absolute Gasteiger partial charge is 0.408 e. The minimum atomic E-state index is -0.842. The number of alkyl carbamates (subject to hydrolysis) is 1. The van der Waals surface area contributed by atoms with Gasteiger partial charge in [-0.1, -0.05) is 12.1 Å². The molecule has 0 aromatic carbocycles. The highest BCUT2D eigenvalue weighted by molar-refractivity contribution is 5.98. The summed E-state index contributed by atoms with van der Waals surface area (Å²) in [6.45, 7) is 3.24. The monoisotopic (exact) mass is 366 g/mol. The van der Waals surface area contributed by atoms with Crippen molar-refractivity contribution in [3.05, 3.63) is 11.7 Å². The van der Waals surface area contributed by atoms with E-state index in [9.17, 15) is 14.4 Å². The van der Waals surface area contributed by atoms with Gasteiger partial charge < -0.3 is 24.2 Å². The van der Waals surface area contributed by atoms with Gasteiger partial charge in [-0.2, -0.15) is 4.98 Å². The van der Waals surface area contributed by atoms with Crippen molar-refractivity contribution in [2.45, 2.75) is 38.1 Å². The van der Waals surface area contributed by atoms with Crippen LogP contribution in [0.25, 0.3) is 0 Å². The molecule has 142 valence electrons. The fraction of sp³-hybridized carbons (Fsp3) is 0.688. The Kier molecular flexibility index (Phi) is 5.82. The number of rotatable bonds is 7. The first-order chi connectivity index (χ1) is 12.6. The average Bonchev–Trinajstić information content (AvgIpc) is 3.41. The van der Waals surface area contributed by atoms with Crippen LogP contribution >= 0.6 is 0 Å². The van der Waals surface area contributed by atoms with Crippen molar-refractivity contribution < 1.29 is 28.4 Å². The maximum Gasteiger partial charge on any atom is 0.408 e. The Labute approximate surface area is 150 Å². The standard InChI is InChI=1S/C16H22N4O6/c1-2-11(13(22)14-18-15(26-19-14)10-3-4-10)17-16(23)25-9-12(21)20-5-7-24-8-6-20/h10-11H,2-9H2,1H3,(H,17,23)/t11-/m0/s1. The number of amides is 2. The zero-order valence-corrected chi connectivity index (χ0v) is 14.6. The summed E-state index contributed by atoms with van der Waals surface area (Å²) in [7, 11) is 0. The largest absolute Gasteiger partial charge is 0.439 e. The highest BCUT2D eigenvalue weighted by Crippen LogP contribution is 2.38. The summed E-state index contributed by atoms with van der Waals surface area (Å²) in [6.07, 6.45) is 1.46. The van der Waals surface area contributed by atoms with E-state index in [1.807, 2.05) is 0 Å². The maximum absolute atomic E-state index is 12.4. The van der Waals surface area contributed by atoms with Crippen LogP contribution in [0.4, 0.5) is 4.79 Å². The Morgan fingerprint density at radius 2 is 2.04 bits per heavy atom. The van der Waals surface area contributed by atoms with Crippen molar-refractivity contribution in [2.24, 2.45) is 0 Å². The minimum Gasteiger partial charge on any atom is -0.439 e. The van der Waals surface area contributed by atoms with Gasteiger partial charge in [-0.05, 0) is 19.3 Å². The Morgan fingerprint density at radius 1 is 1.31 bits per heavy atom. The van der Waals surface area contributed by atoms with E-state index in [0.717, 1.165) is 12.8 Å². The number of carbonyl (C=O) groups excluding carboxylic acids is 3. The second kappa shape index (κ2) is 8.26. The van der Waals surface area contributed by atoms with E-state index in [1.54, 1.807) is 11.8 Å². The Morgan fingerprint density at radius 3 is 2.69 bits per heavy atom. The zero-order chi connectivity index (χ0) is 18.5. The van der Waals surface area contributed by atoms with Gasteiger partial charge in [0.2, 0.25) is 17.5 Å². The van der Waals surface area contributed by atoms with Gasteiger partial charge in [0.1, 0.15) is 0 Å². The molecule has 1 N–H and O–H groups in total. The molecule has 0 spiro atoms. The molecular weight excluding hydrogens is 344 g/mol. The Balaban J connectivity index is 1.47. The molecule has 1 atom stereocenters. The van der Waals surface area contributed by atoms with Crippen LogP contribution < -0.4 is 5.32 Å². The van der Waals surface area contributed by atoms with Gasteiger partial charge in [0.25, 0.3) is 5.91 Å². The summed E-state index contributed by atoms with van der Waals surface area (Å²) in [6, 6.07) is -0.842. The topological polar surface area (TPSA) is 124 Å². The third kappa shape index (κ3) is 4.57. The molecule has 1 saturated carbocycles. The zero-order valence-electron chi connectivity index (χ0n) is 14.6. The molecule has 0 radical (unpaired) electrons. The third-order valence-electron chi connectivity index (χ3n) is 4.30. The van der Waals surface area contributed by atoms with Crippen LogP contribution in [0.2, 0.25) is 0 Å². The predicted molar refractivity (Wildman–Crippen MR) is 86.6 cm³/mol. The maximum atomic E-state index is 12.4. The van der Waals surface area contributed by atoms with Crippen LogP contribution in [0, 0.1) is 0 Å². The van der Waals surface area contributed by atoms with Crippen molar-refractivity contribution >= 4 is 17.8 Å². The minimum absolute atomic E-state index is 0.0524. The Bertz CT molecular complexity index is 665. The fourth-order valence-corrected chi connectivity index (χ4v) is 2.56. The van der Waals surface area contributed by atoms with Crippen LogP contribution in [-0.2, 0) is 14.3 Å². The molecule has 1 aliphatic heterocycles. The molecular formula is C16H22N4O6. The molecule has 1 aromatic rings. The van der Waals surface area contributed by atoms with Gasteiger partial charge in [-0.15, -0.1) is 0 Å². The molecule has 10 nitrogen and oxygen atoms in total. The highest BCUT2D eigenvalue weighted by atomic mass is 16.6. The molecule has 2 amide bonds. The molecule has 2 fully saturated rings. The van der Waals surface area contributed by atoms with Gasteiger partial charge in [0.05, 0.1) is 19.3 Å². The number of carbonyl (C=O) groups is 3. The molecule has 1 saturated heterocycles. The van der Waals surface area contributed by atoms with Crippen molar-refractivity contribution in [1.29, 1.82) is 0 Å². The second-order valence-electron chi connectivity index (χ2n) is 6.27. The number of nitrogens with one attached hydrogen (secondary N) is 1. The van der Waals surface area contributed by atoms with E-state index in [1.165, 1.54) is 0 Å². The highest BCUT2D eigenvalue weighted by Gasteiger charge is 2.32. The van der Waals surface area contributed by atoms with Crippen molar-refractivity contribution in [2.75, 3.05) is 32.9 Å². The summed E-state index contributed by atoms with van der Waals surface area (Å²) in [5, 5.41) is 6.14. The SMILES string of the molecule is CC[C@H](NC(=O)OCC(=O)N1CCOCC1)C(=O)c1noc(C2CC2)n1. The molecule has 2 aliphatic rings. The van der Waals surface area contributed by atoms with Crippen molar-refractivity contribution in [1.82, 2.24) is 20.4 Å². The summed E-state index contributed by atoms with van der Waals surface area (Å²) >= 11 is 0. The number of ether oxygens (including phenoxy) is 2. The lowest BCUT2D eigenvalue weighted by Crippen LogP contribution is -2.45. The lowest BCUT2D eigenvalue weighted by atomic mass is 10.1. The number of aromatic nitrogens is 2. The van der Waals surface area contributed by atoms with E-state index in [2.05, 4.69) is 15.5 Å². The number of Topliss-reactive ketones (excluding diaryl/α,β-unsaturated/α-hetero) is 1. The number of hydrogen-bond acceptors (Lipinski definition) is 8. The molecule has 2 heterocycles. The first kappa shape index (κ1) is 18.3. The molecule has 3 rings (SSSR count). The second-order valence-corrected chi connectivity index (χ2v) is 6.27. The summed E-state index contributed by atoms with van der Waals surface area (Å²) in [5.74, 6) is -0.0896. The van der Waals surface area contributed by atoms with Crippen LogP contribution in [0.1, 0.15) is 48.6 Å². The molecule has 0 unspecified atom stereocenters. The van der Waals surface area contributed by atoms with Gasteiger partial charge in [-0.25, -0.2) is 4.79 Å². The number of morpholine rings is 1. The molecule has 26 heavy (non-hydrogen) atoms. The Hall–Kier alpha value is -2.49. The normalized spacial score (nSPS) is 18.3. The predicted octanol–water partition coefficient (Wildman–Crippen LogP) is 0.493. The van der Waals surface area contributed by atoms with Crippen LogP contribution in [0.5, 0.6) is 0 Å². The lowest BCUT2D eigenvalue weighted by molar-refractivity contribution is -0.138. The van der Waals surface area contributed by atoms with Crippen LogP contribution in [0.15, 0.2) is 4.52 Å². The number of hydrogen-bond donors (Lipinski definition) is 1. The molecule has 0 bridgehead atoms. The first-order valence-corrected chi connectivity index (χ1v) is 8.75. The molecule has 1 aromatic heterocycles. The van der Waals surface area contributed by atoms with E-state index >= 15 is 0 Å². The van der Waals surface area contributed by atoms with Gasteiger partial charge in [0.15, 0.2) is 6.61 Å². The van der Waals surface area contributed by atoms with Gasteiger partial charge in [0, 0.05) is 19.0 Å². The van der Waals surface area contributed by atoms with E-state index in [-0.39, 0.29) is 24.3 Å². The summed E-state index contributed by atoms with van der Waals surface area (Å²) < 4.78 is 15.2. The van der Waals surface area contributed by atoms with Crippen molar-refractivity contribution in [3.8, 4) is 0 Å². The average molecular weight is 366 g/mol. The van der Waals surface area contributed by atoms with Crippen molar-refractivity contribution in [3.63, 3.8) is 0 Å². The van der Waals surface area contributed by atoms with Crippen LogP contribution in [-0.4, -0.2) is 71.8 Å². The number of nitrogens with zero attached hydrogens (tertiary/aromatic N) is 3. The summed E-state index contributed by atoms with van der Waals surface area (Å²) in [5.41, 5.74) is 0. The fourth-order valence-electron chi connectivity index (χ4n) is 2.56. The lowest BCUT2D eigenvalue weighted by Gasteiger charge is -2.26. The quantitative estimate of drug-likeness (QED) is 0.692. The van der Waals surface area contributed by atoms with E-state index in [4.69, 9.17) is 14.0 Å². The van der Waals surface area contributed by atoms with Crippen LogP contribution in [0.3, 0.4) is 0 Å². The molecule has 10 heteroatoms. The number of ketones is 1. The van der Waals surface area contributed by atoms with E-state index < -0.39 is 17.9 Å².